The Morgan fingerprint density at radius 3 is 1.14 bits per heavy atom. The van der Waals surface area contributed by atoms with Crippen molar-refractivity contribution in [1.82, 2.24) is 88.1 Å². The number of fused-ring (bicyclic) bond motifs is 3. The summed E-state index contributed by atoms with van der Waals surface area (Å²) in [7, 11) is 6.40. The van der Waals surface area contributed by atoms with Crippen LogP contribution in [0.5, 0.6) is 0 Å². The van der Waals surface area contributed by atoms with Crippen molar-refractivity contribution in [3.63, 3.8) is 0 Å². The number of aryl methyl sites for hydroxylation is 1. The van der Waals surface area contributed by atoms with Gasteiger partial charge in [0.15, 0.2) is 16.9 Å². The van der Waals surface area contributed by atoms with E-state index < -0.39 is 5.91 Å². The summed E-state index contributed by atoms with van der Waals surface area (Å²) in [6.07, 6.45) is 19.7. The maximum atomic E-state index is 14.7. The molecule has 0 aliphatic carbocycles. The summed E-state index contributed by atoms with van der Waals surface area (Å²) >= 11 is 0. The van der Waals surface area contributed by atoms with Crippen LogP contribution in [0.25, 0.3) is 16.9 Å². The number of anilines is 3. The van der Waals surface area contributed by atoms with Gasteiger partial charge in [-0.1, -0.05) is 42.0 Å². The van der Waals surface area contributed by atoms with Crippen LogP contribution in [0.3, 0.4) is 0 Å². The van der Waals surface area contributed by atoms with Crippen LogP contribution in [-0.2, 0) is 19.6 Å². The van der Waals surface area contributed by atoms with Crippen LogP contribution in [0.15, 0.2) is 190 Å². The summed E-state index contributed by atoms with van der Waals surface area (Å²) in [4.78, 5) is 77.9. The van der Waals surface area contributed by atoms with Gasteiger partial charge in [0.25, 0.3) is 17.7 Å². The molecule has 15 rings (SSSR count). The fourth-order valence-corrected chi connectivity index (χ4v) is 11.8. The van der Waals surface area contributed by atoms with Gasteiger partial charge in [-0.05, 0) is 154 Å². The average Bonchev–Trinajstić information content (AvgIpc) is 1.63. The molecule has 24 nitrogen and oxygen atoms in total. The van der Waals surface area contributed by atoms with E-state index in [-0.39, 0.29) is 23.2 Å². The Labute approximate surface area is 601 Å². The van der Waals surface area contributed by atoms with E-state index in [0.29, 0.717) is 79.7 Å². The van der Waals surface area contributed by atoms with Gasteiger partial charge in [-0.2, -0.15) is 15.3 Å². The van der Waals surface area contributed by atoms with E-state index in [9.17, 15) is 18.8 Å². The lowest BCUT2D eigenvalue weighted by Crippen LogP contribution is -2.44. The number of benzene rings is 3. The zero-order valence-electron chi connectivity index (χ0n) is 58.2. The summed E-state index contributed by atoms with van der Waals surface area (Å²) in [6.45, 7) is 16.8. The second kappa shape index (κ2) is 33.5. The van der Waals surface area contributed by atoms with Gasteiger partial charge >= 0.3 is 0 Å². The fourth-order valence-electron chi connectivity index (χ4n) is 11.8. The van der Waals surface area contributed by atoms with Crippen molar-refractivity contribution in [2.45, 2.75) is 26.6 Å². The van der Waals surface area contributed by atoms with Gasteiger partial charge in [0.2, 0.25) is 0 Å². The van der Waals surface area contributed by atoms with E-state index in [4.69, 9.17) is 0 Å². The number of rotatable bonds is 12. The molecular weight excluding hydrogens is 1310 g/mol. The molecule has 0 spiro atoms. The minimum absolute atomic E-state index is 0.169. The third-order valence-corrected chi connectivity index (χ3v) is 17.9. The highest BCUT2D eigenvalue weighted by Crippen LogP contribution is 2.21. The number of amides is 3. The fraction of sp³-hybridized carbons (Fsp3) is 0.241. The Hall–Kier alpha value is -12.3. The van der Waals surface area contributed by atoms with E-state index in [0.717, 1.165) is 108 Å². The number of likely N-dealkylation sites (N-methyl/N-ethyl adjacent to an activating group) is 3. The Balaban J connectivity index is 0.000000139. The molecule has 3 aromatic carbocycles. The van der Waals surface area contributed by atoms with E-state index in [1.807, 2.05) is 78.9 Å². The number of hydrogen-bond acceptors (Lipinski definition) is 18. The summed E-state index contributed by atoms with van der Waals surface area (Å²) in [5.74, 6) is 17.2. The van der Waals surface area contributed by atoms with Crippen LogP contribution in [0.2, 0.25) is 0 Å². The van der Waals surface area contributed by atoms with Crippen molar-refractivity contribution < 1.29 is 18.8 Å². The molecule has 104 heavy (non-hydrogen) atoms. The van der Waals surface area contributed by atoms with Crippen molar-refractivity contribution in [3.05, 3.63) is 268 Å². The Morgan fingerprint density at radius 1 is 0.394 bits per heavy atom. The lowest BCUT2D eigenvalue weighted by atomic mass is 10.0. The van der Waals surface area contributed by atoms with Crippen molar-refractivity contribution >= 4 is 51.7 Å². The van der Waals surface area contributed by atoms with Crippen LogP contribution in [0.1, 0.15) is 87.1 Å². The molecule has 12 aromatic rings. The van der Waals surface area contributed by atoms with Gasteiger partial charge in [0.05, 0.1) is 54.2 Å². The number of nitrogens with one attached hydrogen (secondary N) is 3. The summed E-state index contributed by atoms with van der Waals surface area (Å²) in [5.41, 5.74) is 13.5. The van der Waals surface area contributed by atoms with Gasteiger partial charge in [-0.3, -0.25) is 44.0 Å². The van der Waals surface area contributed by atoms with Crippen LogP contribution in [0, 0.1) is 48.3 Å². The molecule has 0 bridgehead atoms. The first kappa shape index (κ1) is 70.2. The third kappa shape index (κ3) is 18.6. The Kier molecular flexibility index (Phi) is 22.6. The lowest BCUT2D eigenvalue weighted by molar-refractivity contribution is 0.101. The number of imidazole rings is 3. The monoisotopic (exact) mass is 1390 g/mol. The highest BCUT2D eigenvalue weighted by molar-refractivity contribution is 6.05. The molecule has 3 amide bonds. The smallest absolute Gasteiger partial charge is 0.255 e. The van der Waals surface area contributed by atoms with Crippen LogP contribution in [-0.4, -0.2) is 206 Å². The highest BCUT2D eigenvalue weighted by Gasteiger charge is 2.20. The second-order valence-corrected chi connectivity index (χ2v) is 25.7. The molecule has 12 heterocycles. The molecule has 3 aliphatic rings. The predicted octanol–water partition coefficient (Wildman–Crippen LogP) is 8.02. The summed E-state index contributed by atoms with van der Waals surface area (Å²) < 4.78 is 19.7. The van der Waals surface area contributed by atoms with Gasteiger partial charge in [-0.25, -0.2) is 32.9 Å². The zero-order chi connectivity index (χ0) is 71.7. The molecule has 3 saturated heterocycles. The van der Waals surface area contributed by atoms with Crippen molar-refractivity contribution in [1.29, 1.82) is 0 Å². The maximum absolute atomic E-state index is 14.7. The number of carbonyl (C=O) groups is 3. The molecule has 3 aliphatic heterocycles. The van der Waals surface area contributed by atoms with Crippen LogP contribution in [0.4, 0.5) is 21.5 Å². The number of carbonyl (C=O) groups excluding carboxylic acids is 3. The molecule has 9 aromatic heterocycles. The number of pyridine rings is 3. The molecule has 3 N–H and O–H groups in total. The van der Waals surface area contributed by atoms with Gasteiger partial charge < -0.3 is 30.7 Å². The second-order valence-electron chi connectivity index (χ2n) is 25.7. The SMILES string of the molecule is CN1CCN(Cc2ccc(C(=O)Nc3cncc(C#Cc4cnc5cccnn45)c3)cc2)CC1.CN1CCN(Cc2ccc(C(=O)Nc3cncc(C#Cc4cnc5cccnn45)c3)cc2F)CC1.Cc1cc(C(=O)Nc2cncc(C#Cc3cnc4cccnn34)c2)ccc1CN1CCN(C)CC1. The first-order chi connectivity index (χ1) is 50.7. The number of halogens is 1. The molecule has 3 fully saturated rings. The molecule has 0 unspecified atom stereocenters. The van der Waals surface area contributed by atoms with Crippen LogP contribution >= 0.6 is 0 Å². The summed E-state index contributed by atoms with van der Waals surface area (Å²) in [5, 5.41) is 21.4. The minimum Gasteiger partial charge on any atom is -0.321 e. The molecule has 522 valence electrons. The first-order valence-electron chi connectivity index (χ1n) is 34.2. The topological polar surface area (TPSA) is 236 Å². The minimum atomic E-state index is -0.409. The predicted molar refractivity (Wildman–Crippen MR) is 396 cm³/mol. The van der Waals surface area contributed by atoms with E-state index >= 15 is 0 Å². The standard InChI is InChI=1S/C27H27N7O.C26H24FN7O.C26H25N7O/c1-20-14-22(6-7-23(20)19-33-12-10-32(2)11-13-33)27(35)31-24-15-21(16-28-17-24)5-8-25-18-29-26-4-3-9-30-34(25)26;1-32-9-11-33(12-10-32)18-21-6-5-20(14-24(21)27)26(35)31-22-13-19(15-28-16-22)4-7-23-17-29-25-3-2-8-30-34(23)25;1-31-11-13-32(14-12-31)19-20-4-7-22(8-5-20)26(34)30-23-15-21(16-27-17-23)6-9-24-18-28-25-3-2-10-29-33(24)25/h3-4,6-7,9,14-18H,10-13,19H2,1-2H3,(H,31,35);2-3,5-6,8,13-17H,9-12,18H2,1H3,(H,31,35);2-5,7-8,10,15-18H,11-14,19H2,1H3,(H,30,34). The Morgan fingerprint density at radius 2 is 0.750 bits per heavy atom. The molecule has 25 heteroatoms. The zero-order valence-corrected chi connectivity index (χ0v) is 58.2. The molecule has 0 saturated carbocycles. The lowest BCUT2D eigenvalue weighted by Gasteiger charge is -2.32. The quantitative estimate of drug-likeness (QED) is 0.0982. The molecule has 0 radical (unpaired) electrons. The van der Waals surface area contributed by atoms with E-state index in [2.05, 4.69) is 160 Å². The van der Waals surface area contributed by atoms with E-state index in [1.165, 1.54) is 23.4 Å². The number of nitrogens with zero attached hydrogens (tertiary/aromatic N) is 18. The molecular formula is C79H76FN21O3. The van der Waals surface area contributed by atoms with E-state index in [1.54, 1.807) is 106 Å². The maximum Gasteiger partial charge on any atom is 0.255 e. The van der Waals surface area contributed by atoms with Gasteiger partial charge in [-0.15, -0.1) is 0 Å². The number of aromatic nitrogens is 12. The average molecular weight is 1390 g/mol. The van der Waals surface area contributed by atoms with Gasteiger partial charge in [0, 0.05) is 174 Å². The number of hydrogen-bond donors (Lipinski definition) is 3. The largest absolute Gasteiger partial charge is 0.321 e. The van der Waals surface area contributed by atoms with Gasteiger partial charge in [0.1, 0.15) is 22.9 Å². The molecule has 0 atom stereocenters. The summed E-state index contributed by atoms with van der Waals surface area (Å²) in [6, 6.07) is 34.7. The third-order valence-electron chi connectivity index (χ3n) is 17.9. The van der Waals surface area contributed by atoms with Crippen LogP contribution < -0.4 is 16.0 Å². The number of piperazine rings is 3. The normalized spacial score (nSPS) is 14.5. The Bertz CT molecular complexity index is 5030. The van der Waals surface area contributed by atoms with Crippen molar-refractivity contribution in [3.8, 4) is 35.5 Å². The van der Waals surface area contributed by atoms with Crippen molar-refractivity contribution in [2.75, 3.05) is 116 Å². The first-order valence-corrected chi connectivity index (χ1v) is 34.2. The van der Waals surface area contributed by atoms with Crippen molar-refractivity contribution in [2.24, 2.45) is 0 Å². The highest BCUT2D eigenvalue weighted by atomic mass is 19.1.